The van der Waals surface area contributed by atoms with Gasteiger partial charge in [-0.05, 0) is 141 Å². The molecule has 13 heteroatoms. The maximum atomic E-state index is 5.55. The van der Waals surface area contributed by atoms with Gasteiger partial charge >= 0.3 is 0 Å². The number of ether oxygens (including phenoxy) is 4. The number of methoxy groups -OCH3 is 2. The fourth-order valence-electron chi connectivity index (χ4n) is 8.76. The van der Waals surface area contributed by atoms with Gasteiger partial charge in [-0.3, -0.25) is 0 Å². The third kappa shape index (κ3) is 10.7. The van der Waals surface area contributed by atoms with Gasteiger partial charge in [-0.1, -0.05) is 29.4 Å². The highest BCUT2D eigenvalue weighted by atomic mass is 79.9. The van der Waals surface area contributed by atoms with Gasteiger partial charge in [-0.25, -0.2) is 19.9 Å². The number of hydrogen-bond acceptors (Lipinski definition) is 10. The van der Waals surface area contributed by atoms with E-state index in [0.717, 1.165) is 182 Å². The molecule has 0 bridgehead atoms. The number of pyridine rings is 2. The predicted octanol–water partition coefficient (Wildman–Crippen LogP) is 10.1. The van der Waals surface area contributed by atoms with Crippen LogP contribution in [0, 0.1) is 25.7 Å². The van der Waals surface area contributed by atoms with E-state index in [1.54, 1.807) is 14.2 Å². The van der Waals surface area contributed by atoms with E-state index in [1.807, 2.05) is 50.5 Å². The molecule has 0 aliphatic carbocycles. The monoisotopic (exact) mass is 903 g/mol. The number of rotatable bonds is 15. The Morgan fingerprint density at radius 1 is 0.645 bits per heavy atom. The van der Waals surface area contributed by atoms with E-state index in [9.17, 15) is 0 Å². The van der Waals surface area contributed by atoms with Crippen LogP contribution >= 0.6 is 15.9 Å². The highest BCUT2D eigenvalue weighted by Crippen LogP contribution is 2.30. The topological polar surface area (TPSA) is 124 Å². The molecular weight excluding hydrogens is 846 g/mol. The minimum absolute atomic E-state index is 0.696. The SMILES string of the molecule is COc1ccc(CCc2nc3cc(-c4c(C)noc4C)cnc3n2CCC2CCOCC2)cc1.COc1ccc(CCc2nc3cc(Br)cnc3n2CCC2CCOCC2)cc1. The number of nitrogens with zero attached hydrogens (tertiary/aromatic N) is 7. The van der Waals surface area contributed by atoms with Gasteiger partial charge in [0.15, 0.2) is 11.3 Å². The second kappa shape index (κ2) is 20.8. The van der Waals surface area contributed by atoms with Gasteiger partial charge in [-0.2, -0.15) is 0 Å². The van der Waals surface area contributed by atoms with Crippen LogP contribution in [0.1, 0.15) is 72.8 Å². The Bertz CT molecular complexity index is 2500. The first-order chi connectivity index (χ1) is 30.3. The molecule has 0 amide bonds. The molecule has 2 aromatic carbocycles. The van der Waals surface area contributed by atoms with E-state index in [-0.39, 0.29) is 0 Å². The molecule has 7 aromatic rings. The molecule has 2 aliphatic rings. The summed E-state index contributed by atoms with van der Waals surface area (Å²) in [5.41, 5.74) is 9.27. The summed E-state index contributed by atoms with van der Waals surface area (Å²) in [4.78, 5) is 19.5. The third-order valence-corrected chi connectivity index (χ3v) is 12.8. The Morgan fingerprint density at radius 3 is 1.60 bits per heavy atom. The molecule has 12 nitrogen and oxygen atoms in total. The van der Waals surface area contributed by atoms with Crippen molar-refractivity contribution in [2.24, 2.45) is 11.8 Å². The molecule has 2 saturated heterocycles. The highest BCUT2D eigenvalue weighted by molar-refractivity contribution is 9.10. The Morgan fingerprint density at radius 2 is 1.13 bits per heavy atom. The number of aromatic nitrogens is 7. The van der Waals surface area contributed by atoms with Gasteiger partial charge < -0.3 is 32.6 Å². The molecule has 0 saturated carbocycles. The van der Waals surface area contributed by atoms with Gasteiger partial charge in [0, 0.05) is 80.4 Å². The lowest BCUT2D eigenvalue weighted by Gasteiger charge is -2.22. The van der Waals surface area contributed by atoms with Crippen molar-refractivity contribution in [3.05, 3.63) is 112 Å². The number of halogens is 1. The molecule has 7 heterocycles. The lowest BCUT2D eigenvalue weighted by atomic mass is 9.96. The largest absolute Gasteiger partial charge is 0.497 e. The summed E-state index contributed by atoms with van der Waals surface area (Å²) < 4.78 is 32.6. The molecule has 0 radical (unpaired) electrons. The normalized spacial score (nSPS) is 14.9. The summed E-state index contributed by atoms with van der Waals surface area (Å²) in [6.45, 7) is 9.33. The first kappa shape index (κ1) is 43.5. The first-order valence-corrected chi connectivity index (χ1v) is 22.8. The standard InChI is InChI=1S/C27H32N4O3.C22H26BrN3O2/c1-18-26(19(2)34-30-18)22-16-24-27(28-17-22)31(13-10-21-11-14-33-15-12-21)25(29-24)9-6-20-4-7-23(32-3)8-5-20;1-27-19-5-2-16(3-6-19)4-7-21-25-20-14-18(23)15-24-22(20)26(21)11-8-17-9-12-28-13-10-17/h4-5,7-8,16-17,21H,6,9-15H2,1-3H3;2-3,5-6,14-15,17H,4,7-13H2,1H3. The van der Waals surface area contributed by atoms with Crippen molar-refractivity contribution in [2.45, 2.75) is 91.1 Å². The van der Waals surface area contributed by atoms with Crippen LogP contribution in [0.2, 0.25) is 0 Å². The second-order valence-corrected chi connectivity index (χ2v) is 17.4. The van der Waals surface area contributed by atoms with Gasteiger partial charge in [0.05, 0.1) is 19.9 Å². The quantitative estimate of drug-likeness (QED) is 0.0982. The van der Waals surface area contributed by atoms with Crippen molar-refractivity contribution in [1.29, 1.82) is 0 Å². The van der Waals surface area contributed by atoms with E-state index in [4.69, 9.17) is 38.4 Å². The van der Waals surface area contributed by atoms with Crippen LogP contribution in [-0.4, -0.2) is 74.9 Å². The van der Waals surface area contributed by atoms with Crippen molar-refractivity contribution in [3.8, 4) is 22.6 Å². The zero-order valence-corrected chi connectivity index (χ0v) is 38.0. The van der Waals surface area contributed by atoms with Crippen LogP contribution in [0.3, 0.4) is 0 Å². The van der Waals surface area contributed by atoms with Gasteiger partial charge in [0.25, 0.3) is 0 Å². The van der Waals surface area contributed by atoms with Crippen LogP contribution < -0.4 is 9.47 Å². The smallest absolute Gasteiger partial charge is 0.160 e. The van der Waals surface area contributed by atoms with Crippen molar-refractivity contribution < 1.29 is 23.5 Å². The van der Waals surface area contributed by atoms with Crippen LogP contribution in [-0.2, 0) is 48.2 Å². The van der Waals surface area contributed by atoms with Crippen LogP contribution in [0.25, 0.3) is 33.5 Å². The zero-order valence-electron chi connectivity index (χ0n) is 36.4. The fraction of sp³-hybridized carbons (Fsp3) is 0.449. The summed E-state index contributed by atoms with van der Waals surface area (Å²) in [7, 11) is 3.39. The average molecular weight is 905 g/mol. The zero-order chi connectivity index (χ0) is 42.8. The van der Waals surface area contributed by atoms with Crippen molar-refractivity contribution in [3.63, 3.8) is 0 Å². The number of hydrogen-bond donors (Lipinski definition) is 0. The third-order valence-electron chi connectivity index (χ3n) is 12.4. The number of aryl methyl sites for hydroxylation is 8. The lowest BCUT2D eigenvalue weighted by molar-refractivity contribution is 0.0625. The molecule has 2 fully saturated rings. The summed E-state index contributed by atoms with van der Waals surface area (Å²) in [6.07, 6.45) is 14.3. The maximum absolute atomic E-state index is 5.55. The highest BCUT2D eigenvalue weighted by Gasteiger charge is 2.20. The summed E-state index contributed by atoms with van der Waals surface area (Å²) in [5.74, 6) is 6.20. The Labute approximate surface area is 372 Å². The fourth-order valence-corrected chi connectivity index (χ4v) is 9.08. The van der Waals surface area contributed by atoms with Gasteiger partial charge in [0.1, 0.15) is 39.9 Å². The van der Waals surface area contributed by atoms with Crippen LogP contribution in [0.4, 0.5) is 0 Å². The molecule has 9 rings (SSSR count). The van der Waals surface area contributed by atoms with E-state index in [1.165, 1.54) is 11.1 Å². The Balaban J connectivity index is 0.000000174. The number of fused-ring (bicyclic) bond motifs is 2. The van der Waals surface area contributed by atoms with E-state index in [2.05, 4.69) is 71.6 Å². The minimum Gasteiger partial charge on any atom is -0.497 e. The van der Waals surface area contributed by atoms with Gasteiger partial charge in [-0.15, -0.1) is 0 Å². The molecule has 326 valence electrons. The molecule has 2 aliphatic heterocycles. The molecule has 0 atom stereocenters. The Kier molecular flexibility index (Phi) is 14.6. The van der Waals surface area contributed by atoms with Gasteiger partial charge in [0.2, 0.25) is 0 Å². The molecule has 0 N–H and O–H groups in total. The van der Waals surface area contributed by atoms with Crippen molar-refractivity contribution >= 4 is 38.3 Å². The molecule has 0 unspecified atom stereocenters. The summed E-state index contributed by atoms with van der Waals surface area (Å²) in [5, 5.41) is 4.10. The van der Waals surface area contributed by atoms with E-state index >= 15 is 0 Å². The molecule has 62 heavy (non-hydrogen) atoms. The summed E-state index contributed by atoms with van der Waals surface area (Å²) >= 11 is 3.52. The average Bonchev–Trinajstić information content (AvgIpc) is 3.97. The molecule has 0 spiro atoms. The van der Waals surface area contributed by atoms with Crippen LogP contribution in [0.5, 0.6) is 11.5 Å². The number of benzene rings is 2. The molecule has 5 aromatic heterocycles. The van der Waals surface area contributed by atoms with Crippen molar-refractivity contribution in [1.82, 2.24) is 34.2 Å². The maximum Gasteiger partial charge on any atom is 0.160 e. The van der Waals surface area contributed by atoms with E-state index in [0.29, 0.717) is 5.92 Å². The second-order valence-electron chi connectivity index (χ2n) is 16.5. The Hall–Kier alpha value is -5.11. The predicted molar refractivity (Wildman–Crippen MR) is 245 cm³/mol. The van der Waals surface area contributed by atoms with E-state index < -0.39 is 0 Å². The minimum atomic E-state index is 0.696. The first-order valence-electron chi connectivity index (χ1n) is 22.1. The lowest BCUT2D eigenvalue weighted by Crippen LogP contribution is -2.18. The molecular formula is C49H58BrN7O5. The number of imidazole rings is 2. The summed E-state index contributed by atoms with van der Waals surface area (Å²) in [6, 6.07) is 20.8. The van der Waals surface area contributed by atoms with Crippen LogP contribution in [0.15, 0.2) is 82.1 Å². The van der Waals surface area contributed by atoms with Crippen molar-refractivity contribution in [2.75, 3.05) is 40.6 Å².